The van der Waals surface area contributed by atoms with Crippen LogP contribution < -0.4 is 4.74 Å². The van der Waals surface area contributed by atoms with Crippen molar-refractivity contribution in [2.45, 2.75) is 0 Å². The van der Waals surface area contributed by atoms with Gasteiger partial charge in [0.15, 0.2) is 0 Å². The second-order valence-corrected chi connectivity index (χ2v) is 7.48. The summed E-state index contributed by atoms with van der Waals surface area (Å²) in [5.41, 5.74) is 7.20. The number of benzene rings is 4. The molecule has 0 aromatic heterocycles. The Kier molecular flexibility index (Phi) is 5.32. The van der Waals surface area contributed by atoms with Crippen molar-refractivity contribution in [3.8, 4) is 11.5 Å². The summed E-state index contributed by atoms with van der Waals surface area (Å²) in [4.78, 5) is 0. The molecule has 4 aromatic rings. The molecule has 0 atom stereocenters. The van der Waals surface area contributed by atoms with Crippen molar-refractivity contribution in [1.82, 2.24) is 0 Å². The molecule has 0 amide bonds. The molecule has 5 rings (SSSR count). The van der Waals surface area contributed by atoms with E-state index in [-0.39, 0.29) is 0 Å². The fourth-order valence-electron chi connectivity index (χ4n) is 3.78. The van der Waals surface area contributed by atoms with Crippen LogP contribution in [0.1, 0.15) is 16.7 Å². The summed E-state index contributed by atoms with van der Waals surface area (Å²) in [5, 5.41) is 0. The van der Waals surface area contributed by atoms with Crippen molar-refractivity contribution < 1.29 is 4.74 Å². The van der Waals surface area contributed by atoms with E-state index in [0.29, 0.717) is 0 Å². The smallest absolute Gasteiger partial charge is 0.128 e. The minimum atomic E-state index is 0.830. The maximum atomic E-state index is 6.03. The summed E-state index contributed by atoms with van der Waals surface area (Å²) in [6.07, 6.45) is 6.77. The summed E-state index contributed by atoms with van der Waals surface area (Å²) in [5.74, 6) is 1.67. The highest BCUT2D eigenvalue weighted by molar-refractivity contribution is 6.02. The summed E-state index contributed by atoms with van der Waals surface area (Å²) < 4.78 is 6.03. The van der Waals surface area contributed by atoms with Gasteiger partial charge in [0, 0.05) is 0 Å². The summed E-state index contributed by atoms with van der Waals surface area (Å²) in [6, 6.07) is 39.2. The molecule has 0 bridgehead atoms. The van der Waals surface area contributed by atoms with Gasteiger partial charge < -0.3 is 4.74 Å². The quantitative estimate of drug-likeness (QED) is 0.330. The van der Waals surface area contributed by atoms with Gasteiger partial charge in [0.25, 0.3) is 0 Å². The highest BCUT2D eigenvalue weighted by Crippen LogP contribution is 2.37. The number of para-hydroxylation sites is 1. The van der Waals surface area contributed by atoms with Gasteiger partial charge in [-0.25, -0.2) is 0 Å². The van der Waals surface area contributed by atoms with E-state index >= 15 is 0 Å². The Morgan fingerprint density at radius 3 is 1.84 bits per heavy atom. The lowest BCUT2D eigenvalue weighted by molar-refractivity contribution is 0.482. The first-order chi connectivity index (χ1) is 15.3. The van der Waals surface area contributed by atoms with Crippen LogP contribution >= 0.6 is 0 Å². The number of ether oxygens (including phenoxy) is 1. The second-order valence-electron chi connectivity index (χ2n) is 7.48. The number of rotatable bonds is 5. The minimum absolute atomic E-state index is 0.830. The Morgan fingerprint density at radius 1 is 0.516 bits per heavy atom. The molecule has 0 radical (unpaired) electrons. The Hall–Kier alpha value is -4.10. The molecule has 0 heterocycles. The average Bonchev–Trinajstić information content (AvgIpc) is 3.25. The highest BCUT2D eigenvalue weighted by Gasteiger charge is 2.15. The van der Waals surface area contributed by atoms with Crippen molar-refractivity contribution in [1.29, 1.82) is 0 Å². The number of hydrogen-bond acceptors (Lipinski definition) is 1. The van der Waals surface area contributed by atoms with Gasteiger partial charge in [0.2, 0.25) is 0 Å². The van der Waals surface area contributed by atoms with Crippen LogP contribution in [0.4, 0.5) is 0 Å². The van der Waals surface area contributed by atoms with Gasteiger partial charge >= 0.3 is 0 Å². The van der Waals surface area contributed by atoms with Crippen LogP contribution in [0, 0.1) is 0 Å². The second kappa shape index (κ2) is 8.73. The molecular formula is C30H22O. The molecule has 1 nitrogen and oxygen atoms in total. The largest absolute Gasteiger partial charge is 0.457 e. The fraction of sp³-hybridized carbons (Fsp3) is 0. The fourth-order valence-corrected chi connectivity index (χ4v) is 3.78. The van der Waals surface area contributed by atoms with Crippen molar-refractivity contribution in [3.63, 3.8) is 0 Å². The molecule has 4 aromatic carbocycles. The van der Waals surface area contributed by atoms with Crippen molar-refractivity contribution >= 4 is 17.2 Å². The van der Waals surface area contributed by atoms with Crippen LogP contribution in [0.15, 0.2) is 133 Å². The Labute approximate surface area is 183 Å². The lowest BCUT2D eigenvalue weighted by Gasteiger charge is -2.08. The van der Waals surface area contributed by atoms with Crippen LogP contribution in [0.2, 0.25) is 0 Å². The summed E-state index contributed by atoms with van der Waals surface area (Å²) >= 11 is 0. The third-order valence-electron chi connectivity index (χ3n) is 5.27. The molecule has 1 aliphatic carbocycles. The number of hydrogen-bond donors (Lipinski definition) is 0. The topological polar surface area (TPSA) is 9.23 Å². The van der Waals surface area contributed by atoms with E-state index < -0.39 is 0 Å². The van der Waals surface area contributed by atoms with E-state index in [1.54, 1.807) is 0 Å². The van der Waals surface area contributed by atoms with Gasteiger partial charge in [0.1, 0.15) is 11.5 Å². The van der Waals surface area contributed by atoms with Gasteiger partial charge in [-0.3, -0.25) is 0 Å². The van der Waals surface area contributed by atoms with Crippen molar-refractivity contribution in [2.24, 2.45) is 0 Å². The van der Waals surface area contributed by atoms with Gasteiger partial charge in [0.05, 0.1) is 0 Å². The van der Waals surface area contributed by atoms with Crippen LogP contribution in [0.3, 0.4) is 0 Å². The normalized spacial score (nSPS) is 14.3. The standard InChI is InChI=1S/C30H22O/c1-4-12-24(13-5-1)26-21-27(30(22-26)25-14-6-2-7-15-25)19-23-11-10-18-29(20-23)31-28-16-8-3-9-17-28/h1-22H/b27-19+. The maximum Gasteiger partial charge on any atom is 0.128 e. The molecular weight excluding hydrogens is 376 g/mol. The van der Waals surface area contributed by atoms with E-state index in [1.807, 2.05) is 42.5 Å². The van der Waals surface area contributed by atoms with Crippen LogP contribution in [-0.2, 0) is 0 Å². The molecule has 0 fully saturated rings. The van der Waals surface area contributed by atoms with E-state index in [1.165, 1.54) is 27.8 Å². The number of allylic oxidation sites excluding steroid dienone is 5. The molecule has 0 aliphatic heterocycles. The Balaban J connectivity index is 1.52. The van der Waals surface area contributed by atoms with Crippen LogP contribution in [0.25, 0.3) is 17.2 Å². The zero-order valence-corrected chi connectivity index (χ0v) is 17.1. The van der Waals surface area contributed by atoms with E-state index in [0.717, 1.165) is 17.1 Å². The molecule has 1 aliphatic rings. The molecule has 0 saturated heterocycles. The maximum absolute atomic E-state index is 6.03. The first-order valence-corrected chi connectivity index (χ1v) is 10.4. The van der Waals surface area contributed by atoms with Gasteiger partial charge in [-0.1, -0.05) is 91.0 Å². The van der Waals surface area contributed by atoms with E-state index in [2.05, 4.69) is 91.0 Å². The lowest BCUT2D eigenvalue weighted by Crippen LogP contribution is -1.86. The molecule has 0 saturated carbocycles. The summed E-state index contributed by atoms with van der Waals surface area (Å²) in [6.45, 7) is 0. The SMILES string of the molecule is C1=C(c2ccccc2)C=C(c2ccccc2)/C1=C/c1cccc(Oc2ccccc2)c1. The molecule has 1 heteroatoms. The Morgan fingerprint density at radius 2 is 1.13 bits per heavy atom. The van der Waals surface area contributed by atoms with Gasteiger partial charge in [-0.15, -0.1) is 0 Å². The van der Waals surface area contributed by atoms with Crippen molar-refractivity contribution in [2.75, 3.05) is 0 Å². The molecule has 148 valence electrons. The first-order valence-electron chi connectivity index (χ1n) is 10.4. The molecule has 0 spiro atoms. The molecule has 31 heavy (non-hydrogen) atoms. The Bertz CT molecular complexity index is 1260. The third kappa shape index (κ3) is 4.41. The third-order valence-corrected chi connectivity index (χ3v) is 5.27. The molecule has 0 N–H and O–H groups in total. The summed E-state index contributed by atoms with van der Waals surface area (Å²) in [7, 11) is 0. The van der Waals surface area contributed by atoms with Crippen LogP contribution in [-0.4, -0.2) is 0 Å². The van der Waals surface area contributed by atoms with Crippen molar-refractivity contribution in [3.05, 3.63) is 150 Å². The molecule has 0 unspecified atom stereocenters. The van der Waals surface area contributed by atoms with Gasteiger partial charge in [-0.05, 0) is 75.9 Å². The lowest BCUT2D eigenvalue weighted by atomic mass is 9.99. The highest BCUT2D eigenvalue weighted by atomic mass is 16.5. The zero-order valence-electron chi connectivity index (χ0n) is 17.1. The van der Waals surface area contributed by atoms with Gasteiger partial charge in [-0.2, -0.15) is 0 Å². The van der Waals surface area contributed by atoms with Crippen LogP contribution in [0.5, 0.6) is 11.5 Å². The minimum Gasteiger partial charge on any atom is -0.457 e. The van der Waals surface area contributed by atoms with E-state index in [4.69, 9.17) is 4.74 Å². The zero-order chi connectivity index (χ0) is 20.9. The predicted octanol–water partition coefficient (Wildman–Crippen LogP) is 8.04. The van der Waals surface area contributed by atoms with E-state index in [9.17, 15) is 0 Å². The first kappa shape index (κ1) is 18.9. The average molecular weight is 399 g/mol. The monoisotopic (exact) mass is 398 g/mol. The predicted molar refractivity (Wildman–Crippen MR) is 130 cm³/mol.